The van der Waals surface area contributed by atoms with Crippen LogP contribution in [-0.2, 0) is 14.3 Å². The minimum Gasteiger partial charge on any atom is -0.347 e. The molecule has 0 aliphatic carbocycles. The van der Waals surface area contributed by atoms with Gasteiger partial charge in [0.25, 0.3) is 0 Å². The Balaban J connectivity index is 1.37. The second-order valence-corrected chi connectivity index (χ2v) is 6.76. The largest absolute Gasteiger partial charge is 0.347 e. The van der Waals surface area contributed by atoms with Gasteiger partial charge in [0.15, 0.2) is 5.79 Å². The number of hydrogen-bond donors (Lipinski definition) is 0. The van der Waals surface area contributed by atoms with E-state index < -0.39 is 0 Å². The topological polar surface area (TPSA) is 42.0 Å². The number of carbonyl (C=O) groups is 1. The molecule has 0 bridgehead atoms. The van der Waals surface area contributed by atoms with Crippen LogP contribution < -0.4 is 0 Å². The van der Waals surface area contributed by atoms with E-state index in [2.05, 4.69) is 16.7 Å². The van der Waals surface area contributed by atoms with Crippen molar-refractivity contribution in [2.75, 3.05) is 45.9 Å². The number of piperidine rings is 2. The molecule has 0 N–H and O–H groups in total. The van der Waals surface area contributed by atoms with E-state index in [1.165, 1.54) is 0 Å². The van der Waals surface area contributed by atoms with Crippen molar-refractivity contribution < 1.29 is 14.3 Å². The lowest BCUT2D eigenvalue weighted by molar-refractivity contribution is -0.185. The average Bonchev–Trinajstić information content (AvgIpc) is 2.95. The molecule has 3 fully saturated rings. The van der Waals surface area contributed by atoms with Crippen LogP contribution >= 0.6 is 0 Å². The lowest BCUT2D eigenvalue weighted by Gasteiger charge is -2.38. The Kier molecular flexibility index (Phi) is 4.82. The highest BCUT2D eigenvalue weighted by molar-refractivity contribution is 5.76. The molecule has 21 heavy (non-hydrogen) atoms. The van der Waals surface area contributed by atoms with Crippen LogP contribution in [0, 0.1) is 5.92 Å². The van der Waals surface area contributed by atoms with E-state index in [4.69, 9.17) is 9.47 Å². The first-order valence-electron chi connectivity index (χ1n) is 8.45. The third-order valence-electron chi connectivity index (χ3n) is 5.21. The van der Waals surface area contributed by atoms with Crippen LogP contribution in [0.4, 0.5) is 0 Å². The summed E-state index contributed by atoms with van der Waals surface area (Å²) in [6, 6.07) is 0. The molecule has 3 aliphatic rings. The number of hydrogen-bond acceptors (Lipinski definition) is 4. The highest BCUT2D eigenvalue weighted by Gasteiger charge is 2.39. The van der Waals surface area contributed by atoms with Crippen molar-refractivity contribution in [3.8, 4) is 0 Å². The van der Waals surface area contributed by atoms with E-state index in [1.54, 1.807) is 0 Å². The zero-order valence-electron chi connectivity index (χ0n) is 13.2. The standard InChI is InChI=1S/C16H28N2O3/c1-14-2-8-18(9-3-14)15(19)4-7-17-10-5-16(6-11-17)20-12-13-21-16/h14H,2-13H2,1H3. The van der Waals surface area contributed by atoms with Gasteiger partial charge in [-0.05, 0) is 18.8 Å². The van der Waals surface area contributed by atoms with Crippen LogP contribution in [0.25, 0.3) is 0 Å². The Bertz CT molecular complexity index is 351. The molecule has 0 aromatic carbocycles. The maximum atomic E-state index is 12.2. The van der Waals surface area contributed by atoms with Crippen LogP contribution in [0.5, 0.6) is 0 Å². The third kappa shape index (κ3) is 3.76. The molecule has 3 aliphatic heterocycles. The van der Waals surface area contributed by atoms with Crippen molar-refractivity contribution in [2.45, 2.75) is 44.8 Å². The van der Waals surface area contributed by atoms with Gasteiger partial charge in [-0.1, -0.05) is 6.92 Å². The first-order valence-corrected chi connectivity index (χ1v) is 8.45. The zero-order chi connectivity index (χ0) is 14.7. The minimum absolute atomic E-state index is 0.302. The number of ether oxygens (including phenoxy) is 2. The van der Waals surface area contributed by atoms with Gasteiger partial charge in [-0.3, -0.25) is 4.79 Å². The molecular weight excluding hydrogens is 268 g/mol. The summed E-state index contributed by atoms with van der Waals surface area (Å²) in [5.74, 6) is 0.804. The van der Waals surface area contributed by atoms with Gasteiger partial charge in [0.1, 0.15) is 0 Å². The fraction of sp³-hybridized carbons (Fsp3) is 0.938. The Labute approximate surface area is 127 Å². The van der Waals surface area contributed by atoms with Crippen LogP contribution in [0.15, 0.2) is 0 Å². The molecule has 0 unspecified atom stereocenters. The summed E-state index contributed by atoms with van der Waals surface area (Å²) in [5.41, 5.74) is 0. The predicted octanol–water partition coefficient (Wildman–Crippen LogP) is 1.47. The number of likely N-dealkylation sites (tertiary alicyclic amines) is 2. The highest BCUT2D eigenvalue weighted by Crippen LogP contribution is 2.31. The molecule has 5 nitrogen and oxygen atoms in total. The molecule has 0 atom stereocenters. The van der Waals surface area contributed by atoms with Crippen molar-refractivity contribution >= 4 is 5.91 Å². The molecule has 3 saturated heterocycles. The van der Waals surface area contributed by atoms with Crippen molar-refractivity contribution in [1.29, 1.82) is 0 Å². The van der Waals surface area contributed by atoms with E-state index in [1.807, 2.05) is 0 Å². The van der Waals surface area contributed by atoms with Crippen LogP contribution in [0.3, 0.4) is 0 Å². The molecule has 0 saturated carbocycles. The first-order chi connectivity index (χ1) is 10.2. The van der Waals surface area contributed by atoms with E-state index >= 15 is 0 Å². The fourth-order valence-corrected chi connectivity index (χ4v) is 3.57. The second-order valence-electron chi connectivity index (χ2n) is 6.76. The molecular formula is C16H28N2O3. The fourth-order valence-electron chi connectivity index (χ4n) is 3.57. The van der Waals surface area contributed by atoms with Gasteiger partial charge in [0, 0.05) is 52.0 Å². The van der Waals surface area contributed by atoms with Gasteiger partial charge < -0.3 is 19.3 Å². The summed E-state index contributed by atoms with van der Waals surface area (Å²) < 4.78 is 11.5. The summed E-state index contributed by atoms with van der Waals surface area (Å²) in [6.07, 6.45) is 4.84. The number of rotatable bonds is 3. The minimum atomic E-state index is -0.302. The van der Waals surface area contributed by atoms with E-state index in [9.17, 15) is 4.79 Å². The van der Waals surface area contributed by atoms with Crippen molar-refractivity contribution in [3.05, 3.63) is 0 Å². The molecule has 0 radical (unpaired) electrons. The molecule has 0 aromatic rings. The van der Waals surface area contributed by atoms with Gasteiger partial charge >= 0.3 is 0 Å². The monoisotopic (exact) mass is 296 g/mol. The van der Waals surface area contributed by atoms with Crippen LogP contribution in [-0.4, -0.2) is 67.4 Å². The molecule has 120 valence electrons. The van der Waals surface area contributed by atoms with E-state index in [0.717, 1.165) is 77.5 Å². The molecule has 3 rings (SSSR count). The van der Waals surface area contributed by atoms with Crippen LogP contribution in [0.1, 0.15) is 39.0 Å². The quantitative estimate of drug-likeness (QED) is 0.791. The third-order valence-corrected chi connectivity index (χ3v) is 5.21. The first kappa shape index (κ1) is 15.3. The van der Waals surface area contributed by atoms with E-state index in [-0.39, 0.29) is 5.79 Å². The SMILES string of the molecule is CC1CCN(C(=O)CCN2CCC3(CC2)OCCO3)CC1. The molecule has 0 aromatic heterocycles. The summed E-state index contributed by atoms with van der Waals surface area (Å²) in [7, 11) is 0. The summed E-state index contributed by atoms with van der Waals surface area (Å²) in [6.45, 7) is 8.46. The number of amides is 1. The number of nitrogens with zero attached hydrogens (tertiary/aromatic N) is 2. The van der Waals surface area contributed by atoms with Gasteiger partial charge in [-0.15, -0.1) is 0 Å². The molecule has 3 heterocycles. The summed E-state index contributed by atoms with van der Waals surface area (Å²) in [5, 5.41) is 0. The average molecular weight is 296 g/mol. The predicted molar refractivity (Wildman–Crippen MR) is 79.9 cm³/mol. The van der Waals surface area contributed by atoms with Crippen molar-refractivity contribution in [1.82, 2.24) is 9.80 Å². The Hall–Kier alpha value is -0.650. The van der Waals surface area contributed by atoms with Gasteiger partial charge in [-0.2, -0.15) is 0 Å². The second kappa shape index (κ2) is 6.63. The van der Waals surface area contributed by atoms with Crippen molar-refractivity contribution in [3.63, 3.8) is 0 Å². The van der Waals surface area contributed by atoms with E-state index in [0.29, 0.717) is 12.3 Å². The molecule has 1 spiro atoms. The maximum absolute atomic E-state index is 12.2. The Morgan fingerprint density at radius 2 is 1.71 bits per heavy atom. The highest BCUT2D eigenvalue weighted by atomic mass is 16.7. The number of carbonyl (C=O) groups excluding carboxylic acids is 1. The van der Waals surface area contributed by atoms with Gasteiger partial charge in [-0.25, -0.2) is 0 Å². The summed E-state index contributed by atoms with van der Waals surface area (Å²) in [4.78, 5) is 16.7. The Morgan fingerprint density at radius 3 is 2.33 bits per heavy atom. The maximum Gasteiger partial charge on any atom is 0.223 e. The zero-order valence-corrected chi connectivity index (χ0v) is 13.2. The van der Waals surface area contributed by atoms with Gasteiger partial charge in [0.2, 0.25) is 5.91 Å². The molecule has 1 amide bonds. The van der Waals surface area contributed by atoms with Crippen molar-refractivity contribution in [2.24, 2.45) is 5.92 Å². The molecule has 5 heteroatoms. The normalized spacial score (nSPS) is 27.4. The Morgan fingerprint density at radius 1 is 1.10 bits per heavy atom. The lowest BCUT2D eigenvalue weighted by Crippen LogP contribution is -2.46. The summed E-state index contributed by atoms with van der Waals surface area (Å²) >= 11 is 0. The smallest absolute Gasteiger partial charge is 0.223 e. The van der Waals surface area contributed by atoms with Gasteiger partial charge in [0.05, 0.1) is 13.2 Å². The van der Waals surface area contributed by atoms with Crippen LogP contribution in [0.2, 0.25) is 0 Å². The lowest BCUT2D eigenvalue weighted by atomic mass is 9.99.